The number of ether oxygens (including phenoxy) is 1. The summed E-state index contributed by atoms with van der Waals surface area (Å²) in [6, 6.07) is 8.22. The lowest BCUT2D eigenvalue weighted by Gasteiger charge is -2.10. The highest BCUT2D eigenvalue weighted by atomic mass is 32.1. The predicted octanol–water partition coefficient (Wildman–Crippen LogP) is 3.90. The van der Waals surface area contributed by atoms with Gasteiger partial charge in [0.25, 0.3) is 5.91 Å². The van der Waals surface area contributed by atoms with Gasteiger partial charge in [0, 0.05) is 17.0 Å². The van der Waals surface area contributed by atoms with Crippen LogP contribution in [-0.4, -0.2) is 12.5 Å². The molecular formula is C15H15F2NO2S. The summed E-state index contributed by atoms with van der Waals surface area (Å²) in [5, 5.41) is 2.72. The quantitative estimate of drug-likeness (QED) is 0.909. The lowest BCUT2D eigenvalue weighted by atomic mass is 10.2. The van der Waals surface area contributed by atoms with Crippen LogP contribution in [0, 0.1) is 13.8 Å². The second kappa shape index (κ2) is 6.67. The Morgan fingerprint density at radius 2 is 2.05 bits per heavy atom. The fraction of sp³-hybridized carbons (Fsp3) is 0.267. The van der Waals surface area contributed by atoms with Crippen LogP contribution >= 0.6 is 11.3 Å². The van der Waals surface area contributed by atoms with Gasteiger partial charge >= 0.3 is 6.61 Å². The van der Waals surface area contributed by atoms with Crippen molar-refractivity contribution in [1.82, 2.24) is 5.32 Å². The molecule has 0 atom stereocenters. The maximum atomic E-state index is 12.3. The molecule has 2 rings (SSSR count). The molecule has 0 aliphatic heterocycles. The van der Waals surface area contributed by atoms with Crippen LogP contribution in [0.3, 0.4) is 0 Å². The molecule has 1 aromatic carbocycles. The van der Waals surface area contributed by atoms with E-state index in [2.05, 4.69) is 10.1 Å². The summed E-state index contributed by atoms with van der Waals surface area (Å²) < 4.78 is 29.0. The maximum Gasteiger partial charge on any atom is 0.387 e. The lowest BCUT2D eigenvalue weighted by Crippen LogP contribution is -2.22. The zero-order chi connectivity index (χ0) is 15.4. The van der Waals surface area contributed by atoms with E-state index in [-0.39, 0.29) is 18.2 Å². The summed E-state index contributed by atoms with van der Waals surface area (Å²) in [6.07, 6.45) is 0. The summed E-state index contributed by atoms with van der Waals surface area (Å²) in [7, 11) is 0. The number of nitrogens with one attached hydrogen (secondary N) is 1. The van der Waals surface area contributed by atoms with Crippen LogP contribution < -0.4 is 10.1 Å². The summed E-state index contributed by atoms with van der Waals surface area (Å²) in [6.45, 7) is 1.14. The number of aryl methyl sites for hydroxylation is 2. The smallest absolute Gasteiger partial charge is 0.387 e. The highest BCUT2D eigenvalue weighted by Crippen LogP contribution is 2.22. The molecule has 0 aliphatic carbocycles. The first-order chi connectivity index (χ1) is 9.97. The minimum absolute atomic E-state index is 0.0753. The van der Waals surface area contributed by atoms with Gasteiger partial charge in [-0.1, -0.05) is 18.2 Å². The normalized spacial score (nSPS) is 10.7. The molecular weight excluding hydrogens is 296 g/mol. The Morgan fingerprint density at radius 3 is 2.67 bits per heavy atom. The fourth-order valence-electron chi connectivity index (χ4n) is 1.81. The van der Waals surface area contributed by atoms with Gasteiger partial charge in [0.05, 0.1) is 4.88 Å². The molecule has 0 saturated heterocycles. The molecule has 1 aromatic heterocycles. The molecule has 0 aliphatic rings. The summed E-state index contributed by atoms with van der Waals surface area (Å²) in [4.78, 5) is 13.7. The Morgan fingerprint density at radius 1 is 1.33 bits per heavy atom. The van der Waals surface area contributed by atoms with E-state index in [1.807, 2.05) is 19.9 Å². The zero-order valence-corrected chi connectivity index (χ0v) is 12.5. The predicted molar refractivity (Wildman–Crippen MR) is 78.0 cm³/mol. The van der Waals surface area contributed by atoms with E-state index in [9.17, 15) is 13.6 Å². The SMILES string of the molecule is Cc1cc(C(=O)NCc2ccccc2OC(F)F)sc1C. The first-order valence-corrected chi connectivity index (χ1v) is 7.17. The third-order valence-corrected chi connectivity index (χ3v) is 4.17. The number of alkyl halides is 2. The number of carbonyl (C=O) groups excluding carboxylic acids is 1. The average Bonchev–Trinajstić information content (AvgIpc) is 2.77. The Labute approximate surface area is 125 Å². The molecule has 6 heteroatoms. The van der Waals surface area contributed by atoms with Gasteiger partial charge in [0.2, 0.25) is 0 Å². The van der Waals surface area contributed by atoms with Crippen molar-refractivity contribution in [2.45, 2.75) is 27.0 Å². The Bertz CT molecular complexity index is 621. The minimum atomic E-state index is -2.88. The number of hydrogen-bond acceptors (Lipinski definition) is 3. The third-order valence-electron chi connectivity index (χ3n) is 3.02. The third kappa shape index (κ3) is 4.01. The molecule has 0 unspecified atom stereocenters. The molecule has 3 nitrogen and oxygen atoms in total. The van der Waals surface area contributed by atoms with Crippen LogP contribution in [0.1, 0.15) is 25.7 Å². The summed E-state index contributed by atoms with van der Waals surface area (Å²) in [5.74, 6) is -0.144. The van der Waals surface area contributed by atoms with Gasteiger partial charge in [-0.05, 0) is 31.5 Å². The average molecular weight is 311 g/mol. The van der Waals surface area contributed by atoms with Gasteiger partial charge in [0.15, 0.2) is 0 Å². The van der Waals surface area contributed by atoms with Crippen molar-refractivity contribution in [3.8, 4) is 5.75 Å². The molecule has 1 heterocycles. The first kappa shape index (κ1) is 15.4. The largest absolute Gasteiger partial charge is 0.434 e. The van der Waals surface area contributed by atoms with Crippen molar-refractivity contribution < 1.29 is 18.3 Å². The van der Waals surface area contributed by atoms with Crippen LogP contribution in [0.2, 0.25) is 0 Å². The second-order valence-corrected chi connectivity index (χ2v) is 5.78. The summed E-state index contributed by atoms with van der Waals surface area (Å²) in [5.41, 5.74) is 1.57. The van der Waals surface area contributed by atoms with E-state index in [0.717, 1.165) is 10.4 Å². The highest BCUT2D eigenvalue weighted by molar-refractivity contribution is 7.14. The molecule has 0 fully saturated rings. The second-order valence-electron chi connectivity index (χ2n) is 4.52. The minimum Gasteiger partial charge on any atom is -0.434 e. The molecule has 2 aromatic rings. The van der Waals surface area contributed by atoms with Gasteiger partial charge in [-0.3, -0.25) is 4.79 Å². The standard InChI is InChI=1S/C15H15F2NO2S/c1-9-7-13(21-10(9)2)14(19)18-8-11-5-3-4-6-12(11)20-15(16)17/h3-7,15H,8H2,1-2H3,(H,18,19). The number of rotatable bonds is 5. The van der Waals surface area contributed by atoms with Crippen LogP contribution in [0.4, 0.5) is 8.78 Å². The van der Waals surface area contributed by atoms with Crippen molar-refractivity contribution in [2.24, 2.45) is 0 Å². The summed E-state index contributed by atoms with van der Waals surface area (Å²) >= 11 is 1.41. The van der Waals surface area contributed by atoms with Crippen LogP contribution in [0.15, 0.2) is 30.3 Å². The molecule has 0 radical (unpaired) electrons. The van der Waals surface area contributed by atoms with Gasteiger partial charge in [-0.15, -0.1) is 11.3 Å². The topological polar surface area (TPSA) is 38.3 Å². The number of hydrogen-bond donors (Lipinski definition) is 1. The number of halogens is 2. The van der Waals surface area contributed by atoms with Crippen molar-refractivity contribution in [1.29, 1.82) is 0 Å². The highest BCUT2D eigenvalue weighted by Gasteiger charge is 2.13. The number of para-hydroxylation sites is 1. The molecule has 1 N–H and O–H groups in total. The number of carbonyl (C=O) groups is 1. The Kier molecular flexibility index (Phi) is 4.90. The van der Waals surface area contributed by atoms with Gasteiger partial charge in [-0.25, -0.2) is 0 Å². The van der Waals surface area contributed by atoms with Crippen LogP contribution in [0.25, 0.3) is 0 Å². The van der Waals surface area contributed by atoms with Gasteiger partial charge in [-0.2, -0.15) is 8.78 Å². The van der Waals surface area contributed by atoms with Crippen LogP contribution in [0.5, 0.6) is 5.75 Å². The first-order valence-electron chi connectivity index (χ1n) is 6.35. The maximum absolute atomic E-state index is 12.3. The monoisotopic (exact) mass is 311 g/mol. The molecule has 1 amide bonds. The van der Waals surface area contributed by atoms with Crippen molar-refractivity contribution >= 4 is 17.2 Å². The van der Waals surface area contributed by atoms with Crippen LogP contribution in [-0.2, 0) is 6.54 Å². The van der Waals surface area contributed by atoms with E-state index in [1.54, 1.807) is 18.2 Å². The molecule has 21 heavy (non-hydrogen) atoms. The van der Waals surface area contributed by atoms with E-state index in [4.69, 9.17) is 0 Å². The van der Waals surface area contributed by atoms with E-state index < -0.39 is 6.61 Å². The zero-order valence-electron chi connectivity index (χ0n) is 11.7. The Balaban J connectivity index is 2.04. The van der Waals surface area contributed by atoms with Crippen molar-refractivity contribution in [2.75, 3.05) is 0 Å². The van der Waals surface area contributed by atoms with E-state index >= 15 is 0 Å². The number of benzene rings is 1. The molecule has 112 valence electrons. The van der Waals surface area contributed by atoms with Gasteiger partial charge < -0.3 is 10.1 Å². The van der Waals surface area contributed by atoms with E-state index in [0.29, 0.717) is 10.4 Å². The Hall–Kier alpha value is -1.95. The fourth-order valence-corrected chi connectivity index (χ4v) is 2.76. The van der Waals surface area contributed by atoms with E-state index in [1.165, 1.54) is 17.4 Å². The van der Waals surface area contributed by atoms with Crippen molar-refractivity contribution in [3.63, 3.8) is 0 Å². The molecule has 0 saturated carbocycles. The number of thiophene rings is 1. The molecule has 0 spiro atoms. The van der Waals surface area contributed by atoms with Crippen molar-refractivity contribution in [3.05, 3.63) is 51.2 Å². The van der Waals surface area contributed by atoms with Gasteiger partial charge in [0.1, 0.15) is 5.75 Å². The lowest BCUT2D eigenvalue weighted by molar-refractivity contribution is -0.0504. The molecule has 0 bridgehead atoms. The number of amides is 1.